The molecule has 5 aromatic rings. The highest BCUT2D eigenvalue weighted by atomic mass is 19.1. The van der Waals surface area contributed by atoms with Gasteiger partial charge in [0.1, 0.15) is 12.4 Å². The predicted octanol–water partition coefficient (Wildman–Crippen LogP) is 3.54. The van der Waals surface area contributed by atoms with Gasteiger partial charge in [0, 0.05) is 24.9 Å². The molecule has 0 saturated carbocycles. The molecular formula is C24H19FN6O2. The first-order valence-corrected chi connectivity index (χ1v) is 10.2. The molecule has 8 nitrogen and oxygen atoms in total. The topological polar surface area (TPSA) is 79.8 Å². The maximum absolute atomic E-state index is 13.2. The predicted molar refractivity (Wildman–Crippen MR) is 120 cm³/mol. The molecule has 0 aliphatic heterocycles. The number of halogens is 1. The Balaban J connectivity index is 1.51. The van der Waals surface area contributed by atoms with Gasteiger partial charge in [-0.15, -0.1) is 5.10 Å². The summed E-state index contributed by atoms with van der Waals surface area (Å²) in [4.78, 5) is 12.5. The quantitative estimate of drug-likeness (QED) is 0.402. The zero-order valence-electron chi connectivity index (χ0n) is 17.7. The second kappa shape index (κ2) is 8.54. The van der Waals surface area contributed by atoms with Gasteiger partial charge in [0.05, 0.1) is 11.4 Å². The number of aryl methyl sites for hydroxylation is 1. The summed E-state index contributed by atoms with van der Waals surface area (Å²) in [6.45, 7) is 0.143. The van der Waals surface area contributed by atoms with Gasteiger partial charge in [-0.05, 0) is 51.9 Å². The highest BCUT2D eigenvalue weighted by Crippen LogP contribution is 2.29. The molecule has 0 aliphatic rings. The fourth-order valence-electron chi connectivity index (χ4n) is 3.55. The zero-order valence-corrected chi connectivity index (χ0v) is 17.7. The van der Waals surface area contributed by atoms with Crippen LogP contribution in [0.15, 0.2) is 89.9 Å². The number of rotatable bonds is 6. The third-order valence-corrected chi connectivity index (χ3v) is 5.21. The summed E-state index contributed by atoms with van der Waals surface area (Å²) in [6, 6.07) is 23.2. The van der Waals surface area contributed by atoms with Gasteiger partial charge >= 0.3 is 5.69 Å². The highest BCUT2D eigenvalue weighted by Gasteiger charge is 2.17. The van der Waals surface area contributed by atoms with Gasteiger partial charge in [0.25, 0.3) is 0 Å². The van der Waals surface area contributed by atoms with Crippen molar-refractivity contribution in [2.45, 2.75) is 6.61 Å². The Hall–Kier alpha value is -4.53. The minimum absolute atomic E-state index is 0.143. The molecule has 0 bridgehead atoms. The second-order valence-corrected chi connectivity index (χ2v) is 7.33. The van der Waals surface area contributed by atoms with Crippen molar-refractivity contribution in [3.05, 3.63) is 107 Å². The van der Waals surface area contributed by atoms with E-state index in [-0.39, 0.29) is 18.1 Å². The van der Waals surface area contributed by atoms with Crippen molar-refractivity contribution in [1.82, 2.24) is 29.6 Å². The molecule has 0 unspecified atom stereocenters. The van der Waals surface area contributed by atoms with Gasteiger partial charge in [-0.2, -0.15) is 9.36 Å². The van der Waals surface area contributed by atoms with E-state index in [2.05, 4.69) is 15.5 Å². The summed E-state index contributed by atoms with van der Waals surface area (Å²) >= 11 is 0. The van der Waals surface area contributed by atoms with E-state index < -0.39 is 0 Å². The van der Waals surface area contributed by atoms with Crippen LogP contribution in [0.25, 0.3) is 22.5 Å². The molecule has 0 fully saturated rings. The van der Waals surface area contributed by atoms with Gasteiger partial charge < -0.3 is 4.74 Å². The van der Waals surface area contributed by atoms with E-state index in [0.717, 1.165) is 16.7 Å². The Kier molecular flexibility index (Phi) is 5.27. The van der Waals surface area contributed by atoms with E-state index >= 15 is 0 Å². The molecular weight excluding hydrogens is 423 g/mol. The molecule has 5 rings (SSSR count). The minimum atomic E-state index is -0.359. The lowest BCUT2D eigenvalue weighted by molar-refractivity contribution is 0.292. The fourth-order valence-corrected chi connectivity index (χ4v) is 3.55. The number of hydrogen-bond donors (Lipinski definition) is 0. The van der Waals surface area contributed by atoms with Crippen LogP contribution in [0.3, 0.4) is 0 Å². The normalized spacial score (nSPS) is 11.0. The Labute approximate surface area is 188 Å². The number of nitrogens with zero attached hydrogens (tertiary/aromatic N) is 6. The summed E-state index contributed by atoms with van der Waals surface area (Å²) in [5, 5.41) is 12.3. The fraction of sp³-hybridized carbons (Fsp3) is 0.0833. The van der Waals surface area contributed by atoms with Crippen LogP contribution in [0.2, 0.25) is 0 Å². The average molecular weight is 442 g/mol. The molecule has 0 radical (unpaired) electrons. The number of ether oxygens (including phenoxy) is 1. The first-order chi connectivity index (χ1) is 16.1. The van der Waals surface area contributed by atoms with Crippen molar-refractivity contribution >= 4 is 0 Å². The Morgan fingerprint density at radius 1 is 0.909 bits per heavy atom. The lowest BCUT2D eigenvalue weighted by Gasteiger charge is -2.14. The van der Waals surface area contributed by atoms with Gasteiger partial charge in [-0.25, -0.2) is 13.9 Å². The molecule has 2 heterocycles. The van der Waals surface area contributed by atoms with Crippen LogP contribution in [0.4, 0.5) is 4.39 Å². The van der Waals surface area contributed by atoms with Crippen LogP contribution in [0.1, 0.15) is 5.56 Å². The van der Waals surface area contributed by atoms with E-state index in [0.29, 0.717) is 17.3 Å². The van der Waals surface area contributed by atoms with E-state index in [1.165, 1.54) is 21.5 Å². The van der Waals surface area contributed by atoms with Crippen molar-refractivity contribution in [3.8, 4) is 28.4 Å². The molecule has 0 atom stereocenters. The molecule has 2 aromatic heterocycles. The van der Waals surface area contributed by atoms with Crippen LogP contribution in [0, 0.1) is 5.82 Å². The van der Waals surface area contributed by atoms with E-state index in [4.69, 9.17) is 4.74 Å². The first kappa shape index (κ1) is 20.4. The summed E-state index contributed by atoms with van der Waals surface area (Å²) in [5.74, 6) is 0.0753. The molecule has 0 spiro atoms. The van der Waals surface area contributed by atoms with Gasteiger partial charge in [-0.3, -0.25) is 0 Å². The van der Waals surface area contributed by atoms with Crippen molar-refractivity contribution in [2.75, 3.05) is 0 Å². The summed E-state index contributed by atoms with van der Waals surface area (Å²) in [6.07, 6.45) is 1.74. The number of benzene rings is 3. The standard InChI is InChI=1S/C24H19FN6O2/c1-29-24(32)31(28-27-29)22-9-5-8-20(17-6-3-2-4-7-17)21(22)16-33-23-14-15-30(26-23)19-12-10-18(25)11-13-19/h2-15H,16H2,1H3. The molecule has 164 valence electrons. The van der Waals surface area contributed by atoms with E-state index in [9.17, 15) is 9.18 Å². The summed E-state index contributed by atoms with van der Waals surface area (Å²) < 4.78 is 23.3. The van der Waals surface area contributed by atoms with Gasteiger partial charge in [0.15, 0.2) is 0 Å². The molecule has 0 N–H and O–H groups in total. The maximum Gasteiger partial charge on any atom is 0.368 e. The van der Waals surface area contributed by atoms with Crippen LogP contribution >= 0.6 is 0 Å². The molecule has 0 saturated heterocycles. The second-order valence-electron chi connectivity index (χ2n) is 7.33. The smallest absolute Gasteiger partial charge is 0.368 e. The van der Waals surface area contributed by atoms with E-state index in [1.807, 2.05) is 42.5 Å². The van der Waals surface area contributed by atoms with Crippen LogP contribution in [0.5, 0.6) is 5.88 Å². The average Bonchev–Trinajstić information content (AvgIpc) is 3.45. The maximum atomic E-state index is 13.2. The number of tetrazole rings is 1. The van der Waals surface area contributed by atoms with Gasteiger partial charge in [-0.1, -0.05) is 42.5 Å². The van der Waals surface area contributed by atoms with Crippen molar-refractivity contribution < 1.29 is 9.13 Å². The highest BCUT2D eigenvalue weighted by molar-refractivity contribution is 5.71. The Bertz CT molecular complexity index is 1450. The molecule has 33 heavy (non-hydrogen) atoms. The first-order valence-electron chi connectivity index (χ1n) is 10.2. The Morgan fingerprint density at radius 2 is 1.70 bits per heavy atom. The van der Waals surface area contributed by atoms with Crippen LogP contribution < -0.4 is 10.4 Å². The van der Waals surface area contributed by atoms with Crippen LogP contribution in [-0.2, 0) is 13.7 Å². The lowest BCUT2D eigenvalue weighted by atomic mass is 9.98. The van der Waals surface area contributed by atoms with Crippen LogP contribution in [-0.4, -0.2) is 29.6 Å². The third-order valence-electron chi connectivity index (χ3n) is 5.21. The zero-order chi connectivity index (χ0) is 22.8. The minimum Gasteiger partial charge on any atom is -0.472 e. The third kappa shape index (κ3) is 4.03. The number of aromatic nitrogens is 6. The van der Waals surface area contributed by atoms with Crippen molar-refractivity contribution in [3.63, 3.8) is 0 Å². The van der Waals surface area contributed by atoms with Crippen molar-refractivity contribution in [2.24, 2.45) is 7.05 Å². The SMILES string of the molecule is Cn1nnn(-c2cccc(-c3ccccc3)c2COc2ccn(-c3ccc(F)cc3)n2)c1=O. The molecule has 0 amide bonds. The number of hydrogen-bond acceptors (Lipinski definition) is 5. The van der Waals surface area contributed by atoms with Gasteiger partial charge in [0.2, 0.25) is 5.88 Å². The summed E-state index contributed by atoms with van der Waals surface area (Å²) in [5.41, 5.74) is 3.58. The lowest BCUT2D eigenvalue weighted by Crippen LogP contribution is -2.23. The Morgan fingerprint density at radius 3 is 2.42 bits per heavy atom. The molecule has 3 aromatic carbocycles. The van der Waals surface area contributed by atoms with Crippen molar-refractivity contribution in [1.29, 1.82) is 0 Å². The molecule has 9 heteroatoms. The largest absolute Gasteiger partial charge is 0.472 e. The molecule has 0 aliphatic carbocycles. The summed E-state index contributed by atoms with van der Waals surface area (Å²) in [7, 11) is 1.55. The van der Waals surface area contributed by atoms with E-state index in [1.54, 1.807) is 42.2 Å². The monoisotopic (exact) mass is 442 g/mol.